The highest BCUT2D eigenvalue weighted by molar-refractivity contribution is 5.83. The molecule has 2 N–H and O–H groups in total. The Bertz CT molecular complexity index is 375. The number of phenols is 1. The number of nitrogens with zero attached hydrogens (tertiary/aromatic N) is 1. The molecule has 0 bridgehead atoms. The largest absolute Gasteiger partial charge is 0.507 e. The van der Waals surface area contributed by atoms with Crippen molar-refractivity contribution in [2.24, 2.45) is 5.16 Å². The van der Waals surface area contributed by atoms with E-state index in [9.17, 15) is 5.11 Å². The predicted octanol–water partition coefficient (Wildman–Crippen LogP) is 4.10. The van der Waals surface area contributed by atoms with Crippen LogP contribution in [0, 0.1) is 0 Å². The molecule has 3 nitrogen and oxygen atoms in total. The highest BCUT2D eigenvalue weighted by Crippen LogP contribution is 2.23. The van der Waals surface area contributed by atoms with E-state index in [-0.39, 0.29) is 5.75 Å². The maximum absolute atomic E-state index is 9.96. The second kappa shape index (κ2) is 8.56. The molecule has 1 aromatic rings. The van der Waals surface area contributed by atoms with E-state index in [0.29, 0.717) is 5.56 Å². The van der Waals surface area contributed by atoms with Crippen molar-refractivity contribution >= 4 is 6.21 Å². The summed E-state index contributed by atoms with van der Waals surface area (Å²) < 4.78 is 0. The summed E-state index contributed by atoms with van der Waals surface area (Å²) in [7, 11) is 0. The van der Waals surface area contributed by atoms with Crippen molar-refractivity contribution < 1.29 is 10.3 Å². The van der Waals surface area contributed by atoms with Crippen molar-refractivity contribution in [2.45, 2.75) is 51.9 Å². The van der Waals surface area contributed by atoms with Gasteiger partial charge in [0.1, 0.15) is 5.75 Å². The van der Waals surface area contributed by atoms with Gasteiger partial charge in [0.05, 0.1) is 6.21 Å². The molecular weight excluding hydrogens is 226 g/mol. The van der Waals surface area contributed by atoms with E-state index < -0.39 is 0 Å². The molecule has 0 heterocycles. The zero-order valence-corrected chi connectivity index (χ0v) is 11.1. The lowest BCUT2D eigenvalue weighted by Crippen LogP contribution is -1.91. The van der Waals surface area contributed by atoms with E-state index in [1.165, 1.54) is 38.3 Å². The molecule has 0 atom stereocenters. The Morgan fingerprint density at radius 3 is 2.56 bits per heavy atom. The van der Waals surface area contributed by atoms with Gasteiger partial charge in [-0.15, -0.1) is 0 Å². The summed E-state index contributed by atoms with van der Waals surface area (Å²) in [5.74, 6) is 0.240. The van der Waals surface area contributed by atoms with Gasteiger partial charge >= 0.3 is 0 Å². The highest BCUT2D eigenvalue weighted by Gasteiger charge is 2.05. The number of hydrogen-bond acceptors (Lipinski definition) is 3. The summed E-state index contributed by atoms with van der Waals surface area (Å²) in [6.07, 6.45) is 9.60. The third kappa shape index (κ3) is 4.78. The molecule has 0 unspecified atom stereocenters. The third-order valence-corrected chi connectivity index (χ3v) is 3.15. The fraction of sp³-hybridized carbons (Fsp3) is 0.533. The van der Waals surface area contributed by atoms with Crippen LogP contribution in [0.4, 0.5) is 0 Å². The van der Waals surface area contributed by atoms with Crippen molar-refractivity contribution in [3.63, 3.8) is 0 Å². The quantitative estimate of drug-likeness (QED) is 0.315. The number of phenolic OH excluding ortho intramolecular Hbond substituents is 1. The first-order valence-corrected chi connectivity index (χ1v) is 6.78. The Hall–Kier alpha value is -1.51. The van der Waals surface area contributed by atoms with Gasteiger partial charge in [-0.3, -0.25) is 0 Å². The Labute approximate surface area is 109 Å². The van der Waals surface area contributed by atoms with Gasteiger partial charge in [0.15, 0.2) is 0 Å². The summed E-state index contributed by atoms with van der Waals surface area (Å²) in [6, 6.07) is 5.54. The number of rotatable bonds is 8. The number of benzene rings is 1. The van der Waals surface area contributed by atoms with Gasteiger partial charge in [-0.2, -0.15) is 0 Å². The smallest absolute Gasteiger partial charge is 0.127 e. The zero-order valence-electron chi connectivity index (χ0n) is 11.1. The molecule has 3 heteroatoms. The molecule has 0 spiro atoms. The highest BCUT2D eigenvalue weighted by atomic mass is 16.4. The molecule has 0 aliphatic carbocycles. The van der Waals surface area contributed by atoms with E-state index >= 15 is 0 Å². The third-order valence-electron chi connectivity index (χ3n) is 3.15. The van der Waals surface area contributed by atoms with Crippen LogP contribution >= 0.6 is 0 Å². The van der Waals surface area contributed by atoms with Crippen LogP contribution in [-0.4, -0.2) is 16.5 Å². The van der Waals surface area contributed by atoms with E-state index in [1.807, 2.05) is 12.1 Å². The fourth-order valence-electron chi connectivity index (χ4n) is 2.08. The van der Waals surface area contributed by atoms with Crippen molar-refractivity contribution in [3.05, 3.63) is 29.3 Å². The normalized spacial score (nSPS) is 11.2. The number of aromatic hydroxyl groups is 1. The molecule has 100 valence electrons. The SMILES string of the molecule is CCCCCCCCc1cccc(/C=N\O)c1O. The Balaban J connectivity index is 2.40. The minimum Gasteiger partial charge on any atom is -0.507 e. The van der Waals surface area contributed by atoms with Gasteiger partial charge in [-0.05, 0) is 24.5 Å². The molecule has 0 aromatic heterocycles. The van der Waals surface area contributed by atoms with Crippen LogP contribution in [0.25, 0.3) is 0 Å². The van der Waals surface area contributed by atoms with Gasteiger partial charge in [-0.25, -0.2) is 0 Å². The summed E-state index contributed by atoms with van der Waals surface area (Å²) >= 11 is 0. The molecule has 0 amide bonds. The second-order valence-corrected chi connectivity index (χ2v) is 4.62. The average molecular weight is 249 g/mol. The summed E-state index contributed by atoms with van der Waals surface area (Å²) in [5, 5.41) is 21.4. The van der Waals surface area contributed by atoms with E-state index in [1.54, 1.807) is 6.07 Å². The molecule has 0 fully saturated rings. The zero-order chi connectivity index (χ0) is 13.2. The molecule has 1 aromatic carbocycles. The number of oxime groups is 1. The summed E-state index contributed by atoms with van der Waals surface area (Å²) in [5.41, 5.74) is 1.50. The maximum Gasteiger partial charge on any atom is 0.127 e. The Morgan fingerprint density at radius 1 is 1.11 bits per heavy atom. The lowest BCUT2D eigenvalue weighted by Gasteiger charge is -2.06. The van der Waals surface area contributed by atoms with E-state index in [4.69, 9.17) is 5.21 Å². The first-order valence-electron chi connectivity index (χ1n) is 6.78. The van der Waals surface area contributed by atoms with Crippen LogP contribution in [0.3, 0.4) is 0 Å². The molecule has 0 aliphatic heterocycles. The van der Waals surface area contributed by atoms with Crippen LogP contribution < -0.4 is 0 Å². The lowest BCUT2D eigenvalue weighted by molar-refractivity contribution is 0.321. The van der Waals surface area contributed by atoms with E-state index in [2.05, 4.69) is 12.1 Å². The van der Waals surface area contributed by atoms with Gasteiger partial charge in [-0.1, -0.05) is 56.3 Å². The minimum absolute atomic E-state index is 0.240. The summed E-state index contributed by atoms with van der Waals surface area (Å²) in [6.45, 7) is 2.21. The van der Waals surface area contributed by atoms with Crippen molar-refractivity contribution in [1.29, 1.82) is 0 Å². The van der Waals surface area contributed by atoms with Gasteiger partial charge in [0, 0.05) is 5.56 Å². The number of unbranched alkanes of at least 4 members (excludes halogenated alkanes) is 5. The first-order chi connectivity index (χ1) is 8.79. The molecule has 0 saturated heterocycles. The molecule has 0 aliphatic rings. The fourth-order valence-corrected chi connectivity index (χ4v) is 2.08. The monoisotopic (exact) mass is 249 g/mol. The topological polar surface area (TPSA) is 52.8 Å². The Morgan fingerprint density at radius 2 is 1.83 bits per heavy atom. The maximum atomic E-state index is 9.96. The number of aryl methyl sites for hydroxylation is 1. The van der Waals surface area contributed by atoms with Gasteiger partial charge < -0.3 is 10.3 Å². The molecule has 18 heavy (non-hydrogen) atoms. The minimum atomic E-state index is 0.240. The Kier molecular flexibility index (Phi) is 6.92. The summed E-state index contributed by atoms with van der Waals surface area (Å²) in [4.78, 5) is 0. The first kappa shape index (κ1) is 14.6. The van der Waals surface area contributed by atoms with Crippen LogP contribution in [0.5, 0.6) is 5.75 Å². The van der Waals surface area contributed by atoms with Crippen molar-refractivity contribution in [1.82, 2.24) is 0 Å². The van der Waals surface area contributed by atoms with Gasteiger partial charge in [0.2, 0.25) is 0 Å². The van der Waals surface area contributed by atoms with Gasteiger partial charge in [0.25, 0.3) is 0 Å². The lowest BCUT2D eigenvalue weighted by atomic mass is 10.0. The van der Waals surface area contributed by atoms with Crippen LogP contribution in [-0.2, 0) is 6.42 Å². The average Bonchev–Trinajstić information content (AvgIpc) is 2.38. The molecule has 0 saturated carbocycles. The van der Waals surface area contributed by atoms with Crippen molar-refractivity contribution in [3.8, 4) is 5.75 Å². The second-order valence-electron chi connectivity index (χ2n) is 4.62. The van der Waals surface area contributed by atoms with Crippen molar-refractivity contribution in [2.75, 3.05) is 0 Å². The van der Waals surface area contributed by atoms with Crippen LogP contribution in [0.1, 0.15) is 56.6 Å². The van der Waals surface area contributed by atoms with E-state index in [0.717, 1.165) is 18.4 Å². The number of para-hydroxylation sites is 1. The van der Waals surface area contributed by atoms with Crippen LogP contribution in [0.2, 0.25) is 0 Å². The number of hydrogen-bond donors (Lipinski definition) is 2. The molecular formula is C15H23NO2. The molecule has 0 radical (unpaired) electrons. The predicted molar refractivity (Wildman–Crippen MR) is 74.6 cm³/mol. The van der Waals surface area contributed by atoms with Crippen LogP contribution in [0.15, 0.2) is 23.4 Å². The standard InChI is InChI=1S/C15H23NO2/c1-2-3-4-5-6-7-9-13-10-8-11-14(12-16-18)15(13)17/h8,10-12,17-18H,2-7,9H2,1H3/b16-12-. The molecule has 1 rings (SSSR count).